The fraction of sp³-hybridized carbons (Fsp3) is 0.571. The Balaban J connectivity index is 2.59. The van der Waals surface area contributed by atoms with Crippen molar-refractivity contribution in [2.45, 2.75) is 38.8 Å². The second kappa shape index (κ2) is 6.91. The van der Waals surface area contributed by atoms with E-state index in [0.29, 0.717) is 12.8 Å². The molecule has 0 radical (unpaired) electrons. The molecule has 0 amide bonds. The Hall–Kier alpha value is -1.07. The van der Waals surface area contributed by atoms with Gasteiger partial charge in [-0.25, -0.2) is 8.42 Å². The van der Waals surface area contributed by atoms with E-state index in [1.165, 1.54) is 6.26 Å². The first-order chi connectivity index (χ1) is 8.78. The first-order valence-corrected chi connectivity index (χ1v) is 8.54. The highest BCUT2D eigenvalue weighted by Crippen LogP contribution is 2.21. The van der Waals surface area contributed by atoms with E-state index in [1.807, 2.05) is 38.1 Å². The summed E-state index contributed by atoms with van der Waals surface area (Å²) in [5.74, 6) is 0.981. The molecule has 0 bridgehead atoms. The SMILES string of the molecule is CC(C)Oc1cccc(C(N)CCCS(C)(=O)=O)c1. The van der Waals surface area contributed by atoms with E-state index in [0.717, 1.165) is 11.3 Å². The average molecular weight is 285 g/mol. The normalized spacial score (nSPS) is 13.5. The summed E-state index contributed by atoms with van der Waals surface area (Å²) in [6.45, 7) is 3.94. The molecule has 0 heterocycles. The molecule has 1 aromatic rings. The van der Waals surface area contributed by atoms with Crippen LogP contribution in [0.3, 0.4) is 0 Å². The standard InChI is InChI=1S/C14H23NO3S/c1-11(2)18-13-7-4-6-12(10-13)14(15)8-5-9-19(3,16)17/h4,6-7,10-11,14H,5,8-9,15H2,1-3H3. The van der Waals surface area contributed by atoms with Gasteiger partial charge in [0, 0.05) is 18.1 Å². The zero-order valence-electron chi connectivity index (χ0n) is 11.8. The highest BCUT2D eigenvalue weighted by molar-refractivity contribution is 7.90. The second-order valence-electron chi connectivity index (χ2n) is 5.12. The van der Waals surface area contributed by atoms with Crippen LogP contribution in [0.15, 0.2) is 24.3 Å². The molecular weight excluding hydrogens is 262 g/mol. The van der Waals surface area contributed by atoms with Gasteiger partial charge in [-0.1, -0.05) is 12.1 Å². The summed E-state index contributed by atoms with van der Waals surface area (Å²) in [6, 6.07) is 7.51. The van der Waals surface area contributed by atoms with Crippen molar-refractivity contribution >= 4 is 9.84 Å². The Bertz CT molecular complexity index is 497. The maximum absolute atomic E-state index is 11.1. The van der Waals surface area contributed by atoms with Crippen LogP contribution in [-0.4, -0.2) is 26.5 Å². The van der Waals surface area contributed by atoms with Crippen molar-refractivity contribution in [3.8, 4) is 5.75 Å². The second-order valence-corrected chi connectivity index (χ2v) is 7.38. The van der Waals surface area contributed by atoms with Crippen molar-refractivity contribution in [2.24, 2.45) is 5.73 Å². The first kappa shape index (κ1) is 16.0. The Morgan fingerprint density at radius 1 is 1.32 bits per heavy atom. The molecule has 1 atom stereocenters. The van der Waals surface area contributed by atoms with E-state index in [9.17, 15) is 8.42 Å². The number of nitrogens with two attached hydrogens (primary N) is 1. The predicted molar refractivity (Wildman–Crippen MR) is 78.1 cm³/mol. The highest BCUT2D eigenvalue weighted by Gasteiger charge is 2.09. The van der Waals surface area contributed by atoms with Gasteiger partial charge in [-0.15, -0.1) is 0 Å². The molecule has 0 saturated heterocycles. The van der Waals surface area contributed by atoms with E-state index in [4.69, 9.17) is 10.5 Å². The molecule has 4 nitrogen and oxygen atoms in total. The van der Waals surface area contributed by atoms with Crippen molar-refractivity contribution in [3.05, 3.63) is 29.8 Å². The van der Waals surface area contributed by atoms with Gasteiger partial charge in [-0.3, -0.25) is 0 Å². The topological polar surface area (TPSA) is 69.4 Å². The molecule has 0 aliphatic carbocycles. The smallest absolute Gasteiger partial charge is 0.147 e. The third-order valence-electron chi connectivity index (χ3n) is 2.69. The molecule has 5 heteroatoms. The van der Waals surface area contributed by atoms with Gasteiger partial charge < -0.3 is 10.5 Å². The fourth-order valence-corrected chi connectivity index (χ4v) is 2.51. The van der Waals surface area contributed by atoms with E-state index in [-0.39, 0.29) is 17.9 Å². The lowest BCUT2D eigenvalue weighted by Gasteiger charge is -2.15. The van der Waals surface area contributed by atoms with Crippen molar-refractivity contribution in [1.82, 2.24) is 0 Å². The van der Waals surface area contributed by atoms with Crippen LogP contribution >= 0.6 is 0 Å². The zero-order valence-corrected chi connectivity index (χ0v) is 12.6. The molecule has 0 spiro atoms. The molecule has 1 unspecified atom stereocenters. The summed E-state index contributed by atoms with van der Waals surface area (Å²) < 4.78 is 27.7. The van der Waals surface area contributed by atoms with E-state index in [1.54, 1.807) is 0 Å². The Labute approximate surface area is 115 Å². The fourth-order valence-electron chi connectivity index (χ4n) is 1.82. The zero-order chi connectivity index (χ0) is 14.5. The third-order valence-corrected chi connectivity index (χ3v) is 3.72. The van der Waals surface area contributed by atoms with Gasteiger partial charge in [0.25, 0.3) is 0 Å². The molecule has 0 saturated carbocycles. The number of rotatable bonds is 7. The van der Waals surface area contributed by atoms with Crippen molar-refractivity contribution < 1.29 is 13.2 Å². The molecule has 1 aromatic carbocycles. The lowest BCUT2D eigenvalue weighted by atomic mass is 10.0. The summed E-state index contributed by atoms with van der Waals surface area (Å²) in [6.07, 6.45) is 2.60. The van der Waals surface area contributed by atoms with Gasteiger partial charge in [0.1, 0.15) is 15.6 Å². The third kappa shape index (κ3) is 6.59. The number of hydrogen-bond acceptors (Lipinski definition) is 4. The van der Waals surface area contributed by atoms with Crippen molar-refractivity contribution in [1.29, 1.82) is 0 Å². The minimum Gasteiger partial charge on any atom is -0.491 e. The summed E-state index contributed by atoms with van der Waals surface area (Å²) in [5.41, 5.74) is 7.05. The Morgan fingerprint density at radius 3 is 2.58 bits per heavy atom. The van der Waals surface area contributed by atoms with Gasteiger partial charge in [-0.05, 0) is 44.4 Å². The molecular formula is C14H23NO3S. The number of benzene rings is 1. The average Bonchev–Trinajstić information content (AvgIpc) is 2.26. The van der Waals surface area contributed by atoms with Crippen LogP contribution in [0.5, 0.6) is 5.75 Å². The van der Waals surface area contributed by atoms with Crippen molar-refractivity contribution in [3.63, 3.8) is 0 Å². The maximum atomic E-state index is 11.1. The Morgan fingerprint density at radius 2 is 2.00 bits per heavy atom. The van der Waals surface area contributed by atoms with Crippen LogP contribution in [0.2, 0.25) is 0 Å². The summed E-state index contributed by atoms with van der Waals surface area (Å²) in [7, 11) is -2.91. The molecule has 19 heavy (non-hydrogen) atoms. The van der Waals surface area contributed by atoms with Crippen LogP contribution in [0.4, 0.5) is 0 Å². The monoisotopic (exact) mass is 285 g/mol. The summed E-state index contributed by atoms with van der Waals surface area (Å²) in [5, 5.41) is 0. The quantitative estimate of drug-likeness (QED) is 0.834. The largest absolute Gasteiger partial charge is 0.491 e. The minimum atomic E-state index is -2.91. The van der Waals surface area contributed by atoms with Gasteiger partial charge >= 0.3 is 0 Å². The lowest BCUT2D eigenvalue weighted by molar-refractivity contribution is 0.242. The molecule has 2 N–H and O–H groups in total. The minimum absolute atomic E-state index is 0.122. The van der Waals surface area contributed by atoms with Crippen LogP contribution in [0.25, 0.3) is 0 Å². The number of hydrogen-bond donors (Lipinski definition) is 1. The van der Waals surface area contributed by atoms with E-state index >= 15 is 0 Å². The van der Waals surface area contributed by atoms with E-state index in [2.05, 4.69) is 0 Å². The molecule has 108 valence electrons. The molecule has 0 aromatic heterocycles. The van der Waals surface area contributed by atoms with Crippen LogP contribution < -0.4 is 10.5 Å². The molecule has 1 rings (SSSR count). The molecule has 0 aliphatic rings. The number of sulfone groups is 1. The first-order valence-electron chi connectivity index (χ1n) is 6.48. The summed E-state index contributed by atoms with van der Waals surface area (Å²) in [4.78, 5) is 0. The van der Waals surface area contributed by atoms with Crippen LogP contribution in [-0.2, 0) is 9.84 Å². The molecule has 0 fully saturated rings. The summed E-state index contributed by atoms with van der Waals surface area (Å²) >= 11 is 0. The van der Waals surface area contributed by atoms with E-state index < -0.39 is 9.84 Å². The van der Waals surface area contributed by atoms with Gasteiger partial charge in [-0.2, -0.15) is 0 Å². The number of ether oxygens (including phenoxy) is 1. The maximum Gasteiger partial charge on any atom is 0.147 e. The Kier molecular flexibility index (Phi) is 5.82. The van der Waals surface area contributed by atoms with Gasteiger partial charge in [0.05, 0.1) is 6.10 Å². The van der Waals surface area contributed by atoms with Gasteiger partial charge in [0.15, 0.2) is 0 Å². The van der Waals surface area contributed by atoms with Gasteiger partial charge in [0.2, 0.25) is 0 Å². The van der Waals surface area contributed by atoms with Crippen molar-refractivity contribution in [2.75, 3.05) is 12.0 Å². The van der Waals surface area contributed by atoms with Crippen LogP contribution in [0.1, 0.15) is 38.3 Å². The predicted octanol–water partition coefficient (Wildman–Crippen LogP) is 2.30. The highest BCUT2D eigenvalue weighted by atomic mass is 32.2. The molecule has 0 aliphatic heterocycles. The lowest BCUT2D eigenvalue weighted by Crippen LogP contribution is -2.13. The van der Waals surface area contributed by atoms with Crippen LogP contribution in [0, 0.1) is 0 Å².